The van der Waals surface area contributed by atoms with E-state index in [2.05, 4.69) is 20.2 Å². The van der Waals surface area contributed by atoms with E-state index in [1.807, 2.05) is 36.4 Å². The van der Waals surface area contributed by atoms with Crippen LogP contribution in [-0.2, 0) is 0 Å². The smallest absolute Gasteiger partial charge is 0.183 e. The number of pyridine rings is 1. The van der Waals surface area contributed by atoms with Crippen molar-refractivity contribution in [1.82, 2.24) is 20.2 Å². The molecule has 0 spiro atoms. The highest BCUT2D eigenvalue weighted by Gasteiger charge is 2.07. The Labute approximate surface area is 109 Å². The van der Waals surface area contributed by atoms with Crippen LogP contribution in [0.2, 0.25) is 5.02 Å². The molecular formula is C13H9ClN4. The summed E-state index contributed by atoms with van der Waals surface area (Å²) in [6.45, 7) is 0. The van der Waals surface area contributed by atoms with E-state index in [1.165, 1.54) is 0 Å². The molecule has 0 saturated heterocycles. The van der Waals surface area contributed by atoms with Crippen molar-refractivity contribution in [2.75, 3.05) is 0 Å². The van der Waals surface area contributed by atoms with Gasteiger partial charge in [-0.15, -0.1) is 0 Å². The molecule has 0 aliphatic rings. The average Bonchev–Trinajstić information content (AvgIpc) is 2.89. The zero-order valence-electron chi connectivity index (χ0n) is 9.34. The number of hydrogen-bond donors (Lipinski definition) is 1. The molecule has 0 amide bonds. The minimum Gasteiger partial charge on any atom is -0.264 e. The fraction of sp³-hybridized carbons (Fsp3) is 0. The summed E-state index contributed by atoms with van der Waals surface area (Å²) in [5.41, 5.74) is 1.78. The molecule has 0 aliphatic carbocycles. The Morgan fingerprint density at radius 1 is 1.06 bits per heavy atom. The number of aromatic amines is 1. The second kappa shape index (κ2) is 4.58. The van der Waals surface area contributed by atoms with E-state index in [4.69, 9.17) is 11.6 Å². The first-order chi connectivity index (χ1) is 8.83. The van der Waals surface area contributed by atoms with E-state index in [0.29, 0.717) is 16.7 Å². The Bertz CT molecular complexity index is 664. The Kier molecular flexibility index (Phi) is 2.78. The Hall–Kier alpha value is -2.20. The SMILES string of the molecule is Clc1cccc(-c2nc(-c3cccnc3)n[nH]2)c1. The van der Waals surface area contributed by atoms with Gasteiger partial charge in [-0.1, -0.05) is 23.7 Å². The lowest BCUT2D eigenvalue weighted by Gasteiger charge is -1.95. The number of nitrogens with zero attached hydrogens (tertiary/aromatic N) is 3. The lowest BCUT2D eigenvalue weighted by atomic mass is 10.2. The van der Waals surface area contributed by atoms with E-state index in [0.717, 1.165) is 11.1 Å². The molecule has 3 aromatic rings. The molecule has 3 rings (SSSR count). The van der Waals surface area contributed by atoms with Crippen molar-refractivity contribution in [3.63, 3.8) is 0 Å². The summed E-state index contributed by atoms with van der Waals surface area (Å²) in [4.78, 5) is 8.47. The standard InChI is InChI=1S/C13H9ClN4/c14-11-5-1-3-9(7-11)12-16-13(18-17-12)10-4-2-6-15-8-10/h1-8H,(H,16,17,18). The van der Waals surface area contributed by atoms with Crippen molar-refractivity contribution in [3.8, 4) is 22.8 Å². The molecule has 0 atom stereocenters. The van der Waals surface area contributed by atoms with Crippen LogP contribution in [0.3, 0.4) is 0 Å². The fourth-order valence-electron chi connectivity index (χ4n) is 1.65. The van der Waals surface area contributed by atoms with Gasteiger partial charge in [0.1, 0.15) is 0 Å². The highest BCUT2D eigenvalue weighted by atomic mass is 35.5. The first kappa shape index (κ1) is 10.9. The Morgan fingerprint density at radius 3 is 2.72 bits per heavy atom. The van der Waals surface area contributed by atoms with Crippen molar-refractivity contribution in [1.29, 1.82) is 0 Å². The summed E-state index contributed by atoms with van der Waals surface area (Å²) in [6, 6.07) is 11.2. The summed E-state index contributed by atoms with van der Waals surface area (Å²) in [5, 5.41) is 7.75. The van der Waals surface area contributed by atoms with Gasteiger partial charge in [0, 0.05) is 28.5 Å². The van der Waals surface area contributed by atoms with E-state index in [9.17, 15) is 0 Å². The molecule has 2 heterocycles. The van der Waals surface area contributed by atoms with Gasteiger partial charge in [0.2, 0.25) is 0 Å². The molecule has 18 heavy (non-hydrogen) atoms. The number of halogens is 1. The van der Waals surface area contributed by atoms with Gasteiger partial charge in [0.15, 0.2) is 11.6 Å². The molecule has 0 aliphatic heterocycles. The van der Waals surface area contributed by atoms with Crippen LogP contribution in [-0.4, -0.2) is 20.2 Å². The Morgan fingerprint density at radius 2 is 1.94 bits per heavy atom. The largest absolute Gasteiger partial charge is 0.264 e. The zero-order valence-corrected chi connectivity index (χ0v) is 10.1. The molecular weight excluding hydrogens is 248 g/mol. The number of aromatic nitrogens is 4. The average molecular weight is 257 g/mol. The molecule has 0 saturated carbocycles. The van der Waals surface area contributed by atoms with Crippen LogP contribution in [0.5, 0.6) is 0 Å². The first-order valence-corrected chi connectivity index (χ1v) is 5.79. The van der Waals surface area contributed by atoms with Crippen LogP contribution in [0.1, 0.15) is 0 Å². The lowest BCUT2D eigenvalue weighted by Crippen LogP contribution is -1.82. The van der Waals surface area contributed by atoms with Crippen LogP contribution in [0, 0.1) is 0 Å². The molecule has 5 heteroatoms. The third kappa shape index (κ3) is 2.10. The Balaban J connectivity index is 2.00. The van der Waals surface area contributed by atoms with Crippen LogP contribution < -0.4 is 0 Å². The number of hydrogen-bond acceptors (Lipinski definition) is 3. The third-order valence-corrected chi connectivity index (χ3v) is 2.74. The first-order valence-electron chi connectivity index (χ1n) is 5.42. The van der Waals surface area contributed by atoms with Crippen molar-refractivity contribution in [2.24, 2.45) is 0 Å². The van der Waals surface area contributed by atoms with E-state index < -0.39 is 0 Å². The van der Waals surface area contributed by atoms with E-state index in [-0.39, 0.29) is 0 Å². The van der Waals surface area contributed by atoms with Crippen molar-refractivity contribution >= 4 is 11.6 Å². The molecule has 2 aromatic heterocycles. The van der Waals surface area contributed by atoms with Gasteiger partial charge in [-0.2, -0.15) is 5.10 Å². The topological polar surface area (TPSA) is 54.5 Å². The lowest BCUT2D eigenvalue weighted by molar-refractivity contribution is 1.10. The summed E-state index contributed by atoms with van der Waals surface area (Å²) in [7, 11) is 0. The normalized spacial score (nSPS) is 10.5. The fourth-order valence-corrected chi connectivity index (χ4v) is 1.84. The van der Waals surface area contributed by atoms with Gasteiger partial charge in [-0.25, -0.2) is 4.98 Å². The molecule has 1 N–H and O–H groups in total. The highest BCUT2D eigenvalue weighted by Crippen LogP contribution is 2.21. The van der Waals surface area contributed by atoms with Crippen molar-refractivity contribution < 1.29 is 0 Å². The van der Waals surface area contributed by atoms with Crippen LogP contribution in [0.15, 0.2) is 48.8 Å². The van der Waals surface area contributed by atoms with E-state index >= 15 is 0 Å². The minimum absolute atomic E-state index is 0.623. The number of benzene rings is 1. The summed E-state index contributed by atoms with van der Waals surface area (Å²) >= 11 is 5.95. The molecule has 0 bridgehead atoms. The molecule has 0 unspecified atom stereocenters. The predicted molar refractivity (Wildman–Crippen MR) is 70.1 cm³/mol. The van der Waals surface area contributed by atoms with Gasteiger partial charge >= 0.3 is 0 Å². The second-order valence-electron chi connectivity index (χ2n) is 3.76. The van der Waals surface area contributed by atoms with Gasteiger partial charge in [0.25, 0.3) is 0 Å². The van der Waals surface area contributed by atoms with Crippen LogP contribution >= 0.6 is 11.6 Å². The van der Waals surface area contributed by atoms with Crippen molar-refractivity contribution in [3.05, 3.63) is 53.8 Å². The van der Waals surface area contributed by atoms with Crippen LogP contribution in [0.4, 0.5) is 0 Å². The highest BCUT2D eigenvalue weighted by molar-refractivity contribution is 6.30. The predicted octanol–water partition coefficient (Wildman–Crippen LogP) is 3.19. The quantitative estimate of drug-likeness (QED) is 0.766. The van der Waals surface area contributed by atoms with Gasteiger partial charge in [-0.05, 0) is 24.3 Å². The van der Waals surface area contributed by atoms with Gasteiger partial charge < -0.3 is 0 Å². The molecule has 88 valence electrons. The third-order valence-electron chi connectivity index (χ3n) is 2.50. The minimum atomic E-state index is 0.623. The molecule has 0 fully saturated rings. The van der Waals surface area contributed by atoms with Gasteiger partial charge in [0.05, 0.1) is 0 Å². The number of rotatable bonds is 2. The maximum atomic E-state index is 5.95. The maximum absolute atomic E-state index is 5.95. The summed E-state index contributed by atoms with van der Waals surface area (Å²) < 4.78 is 0. The second-order valence-corrected chi connectivity index (χ2v) is 4.20. The van der Waals surface area contributed by atoms with E-state index in [1.54, 1.807) is 12.4 Å². The molecule has 0 radical (unpaired) electrons. The van der Waals surface area contributed by atoms with Gasteiger partial charge in [-0.3, -0.25) is 10.1 Å². The molecule has 1 aromatic carbocycles. The summed E-state index contributed by atoms with van der Waals surface area (Å²) in [6.07, 6.45) is 3.44. The number of H-pyrrole nitrogens is 1. The molecule has 4 nitrogen and oxygen atoms in total. The maximum Gasteiger partial charge on any atom is 0.183 e. The number of nitrogens with one attached hydrogen (secondary N) is 1. The zero-order chi connectivity index (χ0) is 12.4. The van der Waals surface area contributed by atoms with Crippen LogP contribution in [0.25, 0.3) is 22.8 Å². The monoisotopic (exact) mass is 256 g/mol. The van der Waals surface area contributed by atoms with Crippen molar-refractivity contribution in [2.45, 2.75) is 0 Å². The summed E-state index contributed by atoms with van der Waals surface area (Å²) in [5.74, 6) is 1.31.